The van der Waals surface area contributed by atoms with Crippen LogP contribution in [0.2, 0.25) is 0 Å². The van der Waals surface area contributed by atoms with Crippen LogP contribution in [-0.4, -0.2) is 22.1 Å². The van der Waals surface area contributed by atoms with Gasteiger partial charge in [0.05, 0.1) is 5.69 Å². The highest BCUT2D eigenvalue weighted by Crippen LogP contribution is 2.20. The van der Waals surface area contributed by atoms with E-state index in [0.717, 1.165) is 16.5 Å². The van der Waals surface area contributed by atoms with Crippen molar-refractivity contribution in [1.29, 1.82) is 0 Å². The number of nitrogens with one attached hydrogen (secondary N) is 1. The number of carboxylic acids is 1. The smallest absolute Gasteiger partial charge is 0.321 e. The average molecular weight is 272 g/mol. The van der Waals surface area contributed by atoms with Gasteiger partial charge in [-0.3, -0.25) is 15.1 Å². The molecule has 0 spiro atoms. The predicted octanol–water partition coefficient (Wildman–Crippen LogP) is 2.82. The van der Waals surface area contributed by atoms with E-state index in [1.807, 2.05) is 57.3 Å². The molecule has 20 heavy (non-hydrogen) atoms. The standard InChI is InChI=1S/C16H20N2O2/c1-16(2,3)14(15(19)20)18-10-13-8-11-6-4-5-7-12(11)9-17-13/h4-9,14,18H,10H2,1-3H3,(H,19,20)/t14-/m0/s1. The molecule has 0 bridgehead atoms. The number of benzene rings is 1. The zero-order chi connectivity index (χ0) is 14.8. The van der Waals surface area contributed by atoms with Gasteiger partial charge in [0.15, 0.2) is 0 Å². The number of nitrogens with zero attached hydrogens (tertiary/aromatic N) is 1. The Bertz CT molecular complexity index is 617. The van der Waals surface area contributed by atoms with Crippen molar-refractivity contribution >= 4 is 16.7 Å². The van der Waals surface area contributed by atoms with Crippen LogP contribution in [0.5, 0.6) is 0 Å². The lowest BCUT2D eigenvalue weighted by Crippen LogP contribution is -2.46. The van der Waals surface area contributed by atoms with E-state index in [9.17, 15) is 9.90 Å². The number of aromatic nitrogens is 1. The summed E-state index contributed by atoms with van der Waals surface area (Å²) in [6, 6.07) is 9.38. The summed E-state index contributed by atoms with van der Waals surface area (Å²) in [4.78, 5) is 15.7. The zero-order valence-corrected chi connectivity index (χ0v) is 12.1. The largest absolute Gasteiger partial charge is 0.480 e. The third-order valence-electron chi connectivity index (χ3n) is 3.29. The topological polar surface area (TPSA) is 62.2 Å². The Kier molecular flexibility index (Phi) is 4.04. The van der Waals surface area contributed by atoms with Gasteiger partial charge in [0.1, 0.15) is 6.04 Å². The summed E-state index contributed by atoms with van der Waals surface area (Å²) in [7, 11) is 0. The van der Waals surface area contributed by atoms with E-state index in [2.05, 4.69) is 10.3 Å². The molecule has 0 unspecified atom stereocenters. The Labute approximate surface area is 118 Å². The first-order chi connectivity index (χ1) is 9.38. The molecule has 0 aliphatic heterocycles. The summed E-state index contributed by atoms with van der Waals surface area (Å²) in [5.74, 6) is -0.835. The second-order valence-corrected chi connectivity index (χ2v) is 6.04. The van der Waals surface area contributed by atoms with Crippen LogP contribution in [0.1, 0.15) is 26.5 Å². The molecule has 4 nitrogen and oxygen atoms in total. The summed E-state index contributed by atoms with van der Waals surface area (Å²) in [6.45, 7) is 6.17. The van der Waals surface area contributed by atoms with Crippen LogP contribution in [0, 0.1) is 5.41 Å². The number of pyridine rings is 1. The zero-order valence-electron chi connectivity index (χ0n) is 12.1. The van der Waals surface area contributed by atoms with Crippen LogP contribution < -0.4 is 5.32 Å². The van der Waals surface area contributed by atoms with Gasteiger partial charge in [-0.05, 0) is 16.9 Å². The molecular formula is C16H20N2O2. The van der Waals surface area contributed by atoms with Gasteiger partial charge in [-0.25, -0.2) is 0 Å². The maximum absolute atomic E-state index is 11.3. The minimum absolute atomic E-state index is 0.345. The Hall–Kier alpha value is -1.94. The Morgan fingerprint density at radius 2 is 1.95 bits per heavy atom. The molecular weight excluding hydrogens is 252 g/mol. The van der Waals surface area contributed by atoms with Gasteiger partial charge in [0.25, 0.3) is 0 Å². The molecule has 2 aromatic rings. The van der Waals surface area contributed by atoms with Crippen LogP contribution >= 0.6 is 0 Å². The molecule has 0 radical (unpaired) electrons. The molecule has 1 heterocycles. The van der Waals surface area contributed by atoms with Crippen molar-refractivity contribution < 1.29 is 9.90 Å². The molecule has 1 aromatic carbocycles. The maximum Gasteiger partial charge on any atom is 0.321 e. The van der Waals surface area contributed by atoms with E-state index in [0.29, 0.717) is 6.54 Å². The SMILES string of the molecule is CC(C)(C)[C@@H](NCc1cc2ccccc2cn1)C(=O)O. The summed E-state index contributed by atoms with van der Waals surface area (Å²) < 4.78 is 0. The van der Waals surface area contributed by atoms with Gasteiger partial charge in [0, 0.05) is 18.1 Å². The maximum atomic E-state index is 11.3. The quantitative estimate of drug-likeness (QED) is 0.898. The van der Waals surface area contributed by atoms with E-state index < -0.39 is 12.0 Å². The third-order valence-corrected chi connectivity index (χ3v) is 3.29. The molecule has 0 saturated heterocycles. The Morgan fingerprint density at radius 1 is 1.30 bits per heavy atom. The van der Waals surface area contributed by atoms with Crippen molar-refractivity contribution in [3.05, 3.63) is 42.2 Å². The van der Waals surface area contributed by atoms with Gasteiger partial charge in [-0.2, -0.15) is 0 Å². The minimum Gasteiger partial charge on any atom is -0.480 e. The number of hydrogen-bond acceptors (Lipinski definition) is 3. The van der Waals surface area contributed by atoms with Crippen LogP contribution in [0.15, 0.2) is 36.5 Å². The number of hydrogen-bond donors (Lipinski definition) is 2. The van der Waals surface area contributed by atoms with E-state index >= 15 is 0 Å². The van der Waals surface area contributed by atoms with E-state index in [-0.39, 0.29) is 5.41 Å². The average Bonchev–Trinajstić information content (AvgIpc) is 2.36. The fraction of sp³-hybridized carbons (Fsp3) is 0.375. The van der Waals surface area contributed by atoms with Crippen molar-refractivity contribution in [2.45, 2.75) is 33.4 Å². The van der Waals surface area contributed by atoms with E-state index in [4.69, 9.17) is 0 Å². The predicted molar refractivity (Wildman–Crippen MR) is 79.5 cm³/mol. The Morgan fingerprint density at radius 3 is 2.55 bits per heavy atom. The highest BCUT2D eigenvalue weighted by atomic mass is 16.4. The van der Waals surface area contributed by atoms with Crippen molar-refractivity contribution in [3.8, 4) is 0 Å². The number of carboxylic acid groups (broad SMARTS) is 1. The molecule has 2 rings (SSSR count). The van der Waals surface area contributed by atoms with Crippen molar-refractivity contribution in [1.82, 2.24) is 10.3 Å². The first-order valence-corrected chi connectivity index (χ1v) is 6.68. The second kappa shape index (κ2) is 5.59. The first-order valence-electron chi connectivity index (χ1n) is 6.68. The molecule has 0 amide bonds. The monoisotopic (exact) mass is 272 g/mol. The van der Waals surface area contributed by atoms with Crippen LogP contribution in [0.25, 0.3) is 10.8 Å². The van der Waals surface area contributed by atoms with Crippen LogP contribution in [-0.2, 0) is 11.3 Å². The van der Waals surface area contributed by atoms with E-state index in [1.54, 1.807) is 0 Å². The third kappa shape index (κ3) is 3.33. The number of aliphatic carboxylic acids is 1. The highest BCUT2D eigenvalue weighted by molar-refractivity contribution is 5.81. The first kappa shape index (κ1) is 14.5. The van der Waals surface area contributed by atoms with Crippen LogP contribution in [0.4, 0.5) is 0 Å². The number of fused-ring (bicyclic) bond motifs is 1. The number of carbonyl (C=O) groups is 1. The summed E-state index contributed by atoms with van der Waals surface area (Å²) in [5, 5.41) is 14.6. The highest BCUT2D eigenvalue weighted by Gasteiger charge is 2.30. The second-order valence-electron chi connectivity index (χ2n) is 6.04. The number of rotatable bonds is 4. The normalized spacial score (nSPS) is 13.3. The Balaban J connectivity index is 2.14. The van der Waals surface area contributed by atoms with Gasteiger partial charge in [-0.1, -0.05) is 45.0 Å². The molecule has 0 aliphatic rings. The molecule has 4 heteroatoms. The summed E-state index contributed by atoms with van der Waals surface area (Å²) in [5.41, 5.74) is 0.502. The van der Waals surface area contributed by atoms with Crippen molar-refractivity contribution in [2.75, 3.05) is 0 Å². The van der Waals surface area contributed by atoms with E-state index in [1.165, 1.54) is 0 Å². The van der Waals surface area contributed by atoms with Gasteiger partial charge in [0.2, 0.25) is 0 Å². The fourth-order valence-electron chi connectivity index (χ4n) is 2.20. The lowest BCUT2D eigenvalue weighted by atomic mass is 9.87. The lowest BCUT2D eigenvalue weighted by molar-refractivity contribution is -0.142. The molecule has 0 fully saturated rings. The summed E-state index contributed by atoms with van der Waals surface area (Å²) >= 11 is 0. The fourth-order valence-corrected chi connectivity index (χ4v) is 2.20. The van der Waals surface area contributed by atoms with Crippen molar-refractivity contribution in [2.24, 2.45) is 5.41 Å². The summed E-state index contributed by atoms with van der Waals surface area (Å²) in [6.07, 6.45) is 1.82. The van der Waals surface area contributed by atoms with Crippen molar-refractivity contribution in [3.63, 3.8) is 0 Å². The molecule has 1 aromatic heterocycles. The van der Waals surface area contributed by atoms with Crippen LogP contribution in [0.3, 0.4) is 0 Å². The lowest BCUT2D eigenvalue weighted by Gasteiger charge is -2.27. The molecule has 0 aliphatic carbocycles. The molecule has 0 saturated carbocycles. The molecule has 106 valence electrons. The van der Waals surface area contributed by atoms with Gasteiger partial charge >= 0.3 is 5.97 Å². The molecule has 2 N–H and O–H groups in total. The van der Waals surface area contributed by atoms with Gasteiger partial charge < -0.3 is 5.11 Å². The molecule has 1 atom stereocenters. The van der Waals surface area contributed by atoms with Gasteiger partial charge in [-0.15, -0.1) is 0 Å². The minimum atomic E-state index is -0.835.